The van der Waals surface area contributed by atoms with Crippen molar-refractivity contribution in [2.45, 2.75) is 26.3 Å². The number of nitrogens with two attached hydrogens (primary N) is 1. The molecule has 6 heteroatoms. The Morgan fingerprint density at radius 1 is 1.40 bits per heavy atom. The molecule has 108 valence electrons. The molecule has 0 aliphatic carbocycles. The summed E-state index contributed by atoms with van der Waals surface area (Å²) in [7, 11) is 0. The molecule has 2 heterocycles. The zero-order valence-electron chi connectivity index (χ0n) is 11.7. The second-order valence-corrected chi connectivity index (χ2v) is 4.52. The lowest BCUT2D eigenvalue weighted by Crippen LogP contribution is -2.08. The van der Waals surface area contributed by atoms with E-state index in [-0.39, 0.29) is 0 Å². The maximum atomic E-state index is 5.82. The lowest BCUT2D eigenvalue weighted by atomic mass is 10.3. The molecule has 0 spiro atoms. The van der Waals surface area contributed by atoms with Gasteiger partial charge in [0.15, 0.2) is 0 Å². The van der Waals surface area contributed by atoms with Crippen molar-refractivity contribution in [2.75, 3.05) is 24.2 Å². The lowest BCUT2D eigenvalue weighted by molar-refractivity contribution is 0.307. The Morgan fingerprint density at radius 2 is 2.30 bits per heavy atom. The highest BCUT2D eigenvalue weighted by molar-refractivity contribution is 5.53. The fourth-order valence-corrected chi connectivity index (χ4v) is 1.76. The fraction of sp³-hybridized carbons (Fsp3) is 0.429. The monoisotopic (exact) mass is 275 g/mol. The van der Waals surface area contributed by atoms with Crippen molar-refractivity contribution in [2.24, 2.45) is 0 Å². The maximum absolute atomic E-state index is 5.82. The molecular formula is C14H21N5O. The van der Waals surface area contributed by atoms with Crippen molar-refractivity contribution in [3.8, 4) is 5.88 Å². The van der Waals surface area contributed by atoms with Crippen molar-refractivity contribution in [3.05, 3.63) is 30.9 Å². The summed E-state index contributed by atoms with van der Waals surface area (Å²) in [6.45, 7) is 4.44. The molecule has 3 N–H and O–H groups in total. The van der Waals surface area contributed by atoms with Crippen LogP contribution >= 0.6 is 0 Å². The van der Waals surface area contributed by atoms with Crippen LogP contribution in [0.3, 0.4) is 0 Å². The number of hydrogen-bond donors (Lipinski definition) is 2. The first kappa shape index (κ1) is 14.2. The van der Waals surface area contributed by atoms with Crippen LogP contribution in [0.5, 0.6) is 5.88 Å². The summed E-state index contributed by atoms with van der Waals surface area (Å²) in [4.78, 5) is 8.38. The number of pyridine rings is 1. The summed E-state index contributed by atoms with van der Waals surface area (Å²) in [5.41, 5.74) is 6.40. The molecule has 0 atom stereocenters. The van der Waals surface area contributed by atoms with Crippen LogP contribution in [0.15, 0.2) is 30.9 Å². The topological polar surface area (TPSA) is 78.0 Å². The van der Waals surface area contributed by atoms with Gasteiger partial charge < -0.3 is 20.4 Å². The smallest absolute Gasteiger partial charge is 0.239 e. The van der Waals surface area contributed by atoms with Gasteiger partial charge in [-0.2, -0.15) is 4.98 Å². The van der Waals surface area contributed by atoms with Gasteiger partial charge in [0, 0.05) is 25.5 Å². The normalized spacial score (nSPS) is 10.4. The number of ether oxygens (including phenoxy) is 1. The van der Waals surface area contributed by atoms with Crippen LogP contribution < -0.4 is 15.8 Å². The molecule has 0 aliphatic rings. The van der Waals surface area contributed by atoms with Crippen LogP contribution in [0.25, 0.3) is 0 Å². The van der Waals surface area contributed by atoms with E-state index in [0.29, 0.717) is 18.2 Å². The minimum absolute atomic E-state index is 0.506. The predicted octanol–water partition coefficient (Wildman–Crippen LogP) is 2.15. The first-order valence-electron chi connectivity index (χ1n) is 6.88. The van der Waals surface area contributed by atoms with Gasteiger partial charge in [0.2, 0.25) is 5.88 Å². The number of aryl methyl sites for hydroxylation is 1. The van der Waals surface area contributed by atoms with Gasteiger partial charge in [-0.25, -0.2) is 4.98 Å². The van der Waals surface area contributed by atoms with Gasteiger partial charge >= 0.3 is 0 Å². The lowest BCUT2D eigenvalue weighted by Gasteiger charge is -2.10. The van der Waals surface area contributed by atoms with Crippen molar-refractivity contribution in [3.63, 3.8) is 0 Å². The molecule has 2 aromatic heterocycles. The van der Waals surface area contributed by atoms with Crippen LogP contribution in [0.4, 0.5) is 11.5 Å². The first-order valence-corrected chi connectivity index (χ1v) is 6.88. The highest BCUT2D eigenvalue weighted by Gasteiger charge is 2.03. The Bertz CT molecular complexity index is 512. The molecule has 0 unspecified atom stereocenters. The van der Waals surface area contributed by atoms with Gasteiger partial charge in [-0.3, -0.25) is 0 Å². The molecule has 0 saturated carbocycles. The minimum Gasteiger partial charge on any atom is -0.476 e. The molecule has 0 aliphatic heterocycles. The number of aromatic nitrogens is 3. The van der Waals surface area contributed by atoms with E-state index in [9.17, 15) is 0 Å². The largest absolute Gasteiger partial charge is 0.476 e. The van der Waals surface area contributed by atoms with Crippen molar-refractivity contribution < 1.29 is 4.74 Å². The molecular weight excluding hydrogens is 254 g/mol. The van der Waals surface area contributed by atoms with Gasteiger partial charge in [-0.15, -0.1) is 0 Å². The van der Waals surface area contributed by atoms with Gasteiger partial charge in [-0.1, -0.05) is 6.92 Å². The van der Waals surface area contributed by atoms with E-state index in [0.717, 1.165) is 31.7 Å². The highest BCUT2D eigenvalue weighted by atomic mass is 16.5. The van der Waals surface area contributed by atoms with Crippen LogP contribution in [0.2, 0.25) is 0 Å². The molecule has 2 rings (SSSR count). The Morgan fingerprint density at radius 3 is 3.05 bits per heavy atom. The van der Waals surface area contributed by atoms with Crippen molar-refractivity contribution in [1.82, 2.24) is 14.5 Å². The number of nitrogens with zero attached hydrogens (tertiary/aromatic N) is 3. The van der Waals surface area contributed by atoms with Crippen molar-refractivity contribution in [1.29, 1.82) is 0 Å². The number of anilines is 2. The molecule has 0 saturated heterocycles. The third kappa shape index (κ3) is 4.15. The molecule has 0 radical (unpaired) electrons. The zero-order valence-corrected chi connectivity index (χ0v) is 11.7. The Kier molecular flexibility index (Phi) is 5.23. The van der Waals surface area contributed by atoms with E-state index in [1.807, 2.05) is 36.1 Å². The first-order chi connectivity index (χ1) is 9.79. The number of hydrogen-bond acceptors (Lipinski definition) is 5. The van der Waals surface area contributed by atoms with Gasteiger partial charge in [0.05, 0.1) is 18.6 Å². The minimum atomic E-state index is 0.506. The summed E-state index contributed by atoms with van der Waals surface area (Å²) >= 11 is 0. The van der Waals surface area contributed by atoms with Crippen LogP contribution in [0, 0.1) is 0 Å². The summed E-state index contributed by atoms with van der Waals surface area (Å²) in [5, 5.41) is 3.27. The summed E-state index contributed by atoms with van der Waals surface area (Å²) in [5.74, 6) is 1.29. The maximum Gasteiger partial charge on any atom is 0.239 e. The average molecular weight is 275 g/mol. The highest BCUT2D eigenvalue weighted by Crippen LogP contribution is 2.20. The fourth-order valence-electron chi connectivity index (χ4n) is 1.76. The van der Waals surface area contributed by atoms with E-state index in [2.05, 4.69) is 15.3 Å². The number of nitrogens with one attached hydrogen (secondary N) is 1. The van der Waals surface area contributed by atoms with Gasteiger partial charge in [0.1, 0.15) is 5.82 Å². The van der Waals surface area contributed by atoms with Crippen molar-refractivity contribution >= 4 is 11.5 Å². The average Bonchev–Trinajstić information content (AvgIpc) is 2.97. The zero-order chi connectivity index (χ0) is 14.2. The SMILES string of the molecule is CCCOc1nc(NCCCn2ccnc2)ccc1N. The van der Waals surface area contributed by atoms with E-state index in [1.165, 1.54) is 0 Å². The molecule has 0 amide bonds. The third-order valence-electron chi connectivity index (χ3n) is 2.79. The number of imidazole rings is 1. The number of rotatable bonds is 8. The Balaban J connectivity index is 1.80. The summed E-state index contributed by atoms with van der Waals surface area (Å²) < 4.78 is 7.55. The molecule has 0 fully saturated rings. The molecule has 2 aromatic rings. The van der Waals surface area contributed by atoms with Crippen LogP contribution in [-0.2, 0) is 6.54 Å². The third-order valence-corrected chi connectivity index (χ3v) is 2.79. The second-order valence-electron chi connectivity index (χ2n) is 4.52. The van der Waals surface area contributed by atoms with E-state index >= 15 is 0 Å². The van der Waals surface area contributed by atoms with E-state index in [4.69, 9.17) is 10.5 Å². The van der Waals surface area contributed by atoms with Crippen LogP contribution in [0.1, 0.15) is 19.8 Å². The molecule has 20 heavy (non-hydrogen) atoms. The standard InChI is InChI=1S/C14H21N5O/c1-2-10-20-14-12(15)4-5-13(18-14)17-6-3-8-19-9-7-16-11-19/h4-5,7,9,11H,2-3,6,8,10,15H2,1H3,(H,17,18). The molecule has 0 aromatic carbocycles. The Labute approximate surface area is 119 Å². The Hall–Kier alpha value is -2.24. The quantitative estimate of drug-likeness (QED) is 0.722. The summed E-state index contributed by atoms with van der Waals surface area (Å²) in [6.07, 6.45) is 7.49. The second kappa shape index (κ2) is 7.37. The predicted molar refractivity (Wildman–Crippen MR) is 79.8 cm³/mol. The van der Waals surface area contributed by atoms with Gasteiger partial charge in [-0.05, 0) is 25.0 Å². The molecule has 0 bridgehead atoms. The van der Waals surface area contributed by atoms with E-state index < -0.39 is 0 Å². The summed E-state index contributed by atoms with van der Waals surface area (Å²) in [6, 6.07) is 3.68. The van der Waals surface area contributed by atoms with Crippen LogP contribution in [-0.4, -0.2) is 27.7 Å². The van der Waals surface area contributed by atoms with Gasteiger partial charge in [0.25, 0.3) is 0 Å². The van der Waals surface area contributed by atoms with E-state index in [1.54, 1.807) is 6.20 Å². The number of nitrogen functional groups attached to an aromatic ring is 1. The molecule has 6 nitrogen and oxygen atoms in total.